The number of anilines is 1. The average molecular weight is 353 g/mol. The van der Waals surface area contributed by atoms with Crippen LogP contribution in [-0.4, -0.2) is 5.91 Å². The molecule has 4 heteroatoms. The third-order valence-corrected chi connectivity index (χ3v) is 2.98. The Kier molecular flexibility index (Phi) is 4.19. The lowest BCUT2D eigenvalue weighted by molar-refractivity contribution is -0.111. The van der Waals surface area contributed by atoms with Crippen LogP contribution in [-0.2, 0) is 4.79 Å². The van der Waals surface area contributed by atoms with E-state index in [1.54, 1.807) is 6.08 Å². The first-order chi connectivity index (χ1) is 8.65. The van der Waals surface area contributed by atoms with E-state index in [0.29, 0.717) is 5.76 Å². The zero-order valence-electron chi connectivity index (χ0n) is 9.81. The van der Waals surface area contributed by atoms with Crippen LogP contribution < -0.4 is 5.32 Å². The Morgan fingerprint density at radius 2 is 2.06 bits per heavy atom. The first kappa shape index (κ1) is 12.9. The van der Waals surface area contributed by atoms with Gasteiger partial charge in [0.25, 0.3) is 0 Å². The number of hydrogen-bond acceptors (Lipinski definition) is 2. The summed E-state index contributed by atoms with van der Waals surface area (Å²) in [5.74, 6) is 0.495. The van der Waals surface area contributed by atoms with Gasteiger partial charge in [-0.2, -0.15) is 0 Å². The molecular weight excluding hydrogens is 341 g/mol. The lowest BCUT2D eigenvalue weighted by Gasteiger charge is -2.04. The van der Waals surface area contributed by atoms with Crippen molar-refractivity contribution in [2.75, 3.05) is 5.32 Å². The van der Waals surface area contributed by atoms with Crippen molar-refractivity contribution < 1.29 is 9.21 Å². The molecule has 0 spiro atoms. The quantitative estimate of drug-likeness (QED) is 0.673. The highest BCUT2D eigenvalue weighted by molar-refractivity contribution is 14.1. The lowest BCUT2D eigenvalue weighted by Crippen LogP contribution is -2.08. The van der Waals surface area contributed by atoms with E-state index in [9.17, 15) is 4.79 Å². The maximum absolute atomic E-state index is 11.7. The van der Waals surface area contributed by atoms with Crippen molar-refractivity contribution in [2.45, 2.75) is 6.92 Å². The Morgan fingerprint density at radius 3 is 2.72 bits per heavy atom. The molecule has 18 heavy (non-hydrogen) atoms. The molecule has 1 N–H and O–H groups in total. The maximum Gasteiger partial charge on any atom is 0.248 e. The molecule has 0 aliphatic heterocycles. The normalized spacial score (nSPS) is 10.8. The van der Waals surface area contributed by atoms with Crippen LogP contribution in [0.2, 0.25) is 0 Å². The molecule has 0 atom stereocenters. The van der Waals surface area contributed by atoms with Crippen LogP contribution in [0, 0.1) is 10.7 Å². The molecule has 0 saturated heterocycles. The average Bonchev–Trinajstić information content (AvgIpc) is 2.76. The zero-order chi connectivity index (χ0) is 13.0. The molecule has 3 nitrogen and oxygen atoms in total. The number of hydrogen-bond donors (Lipinski definition) is 1. The number of furan rings is 1. The van der Waals surface area contributed by atoms with Crippen molar-refractivity contribution in [1.29, 1.82) is 0 Å². The van der Waals surface area contributed by atoms with E-state index in [0.717, 1.165) is 15.0 Å². The summed E-state index contributed by atoms with van der Waals surface area (Å²) >= 11 is 2.08. The van der Waals surface area contributed by atoms with E-state index < -0.39 is 0 Å². The van der Waals surface area contributed by atoms with Gasteiger partial charge in [-0.3, -0.25) is 4.79 Å². The fourth-order valence-corrected chi connectivity index (χ4v) is 1.90. The third-order valence-electron chi connectivity index (χ3n) is 2.40. The van der Waals surface area contributed by atoms with Crippen LogP contribution in [0.4, 0.5) is 5.69 Å². The van der Waals surface area contributed by atoms with Gasteiger partial charge in [0.15, 0.2) is 3.77 Å². The van der Waals surface area contributed by atoms with Crippen molar-refractivity contribution in [1.82, 2.24) is 0 Å². The Morgan fingerprint density at radius 1 is 1.28 bits per heavy atom. The molecule has 0 fully saturated rings. The summed E-state index contributed by atoms with van der Waals surface area (Å²) in [7, 11) is 0. The van der Waals surface area contributed by atoms with Crippen molar-refractivity contribution in [3.8, 4) is 0 Å². The van der Waals surface area contributed by atoms with Crippen molar-refractivity contribution in [2.24, 2.45) is 0 Å². The molecule has 1 aromatic carbocycles. The molecule has 1 aromatic heterocycles. The Balaban J connectivity index is 2.01. The number of halogens is 1. The van der Waals surface area contributed by atoms with Gasteiger partial charge in [0.1, 0.15) is 5.76 Å². The molecule has 2 aromatic rings. The van der Waals surface area contributed by atoms with Gasteiger partial charge in [-0.15, -0.1) is 0 Å². The first-order valence-corrected chi connectivity index (χ1v) is 6.53. The van der Waals surface area contributed by atoms with Crippen molar-refractivity contribution >= 4 is 40.3 Å². The minimum Gasteiger partial charge on any atom is -0.451 e. The summed E-state index contributed by atoms with van der Waals surface area (Å²) in [5.41, 5.74) is 1.85. The minimum atomic E-state index is -0.171. The third kappa shape index (κ3) is 3.46. The van der Waals surface area contributed by atoms with Gasteiger partial charge in [-0.25, -0.2) is 0 Å². The molecule has 0 aliphatic rings. The number of aryl methyl sites for hydroxylation is 1. The number of rotatable bonds is 3. The second-order valence-electron chi connectivity index (χ2n) is 3.78. The SMILES string of the molecule is Cc1ccccc1NC(=O)C=Cc1ccc(I)o1. The Labute approximate surface area is 119 Å². The molecule has 1 heterocycles. The van der Waals surface area contributed by atoms with E-state index in [4.69, 9.17) is 4.42 Å². The fraction of sp³-hybridized carbons (Fsp3) is 0.0714. The first-order valence-electron chi connectivity index (χ1n) is 5.45. The Bertz CT molecular complexity index is 587. The summed E-state index contributed by atoms with van der Waals surface area (Å²) in [6.07, 6.45) is 3.11. The molecule has 2 rings (SSSR count). The molecule has 0 aliphatic carbocycles. The predicted molar refractivity (Wildman–Crippen MR) is 80.3 cm³/mol. The fourth-order valence-electron chi connectivity index (χ4n) is 1.46. The number of nitrogens with one attached hydrogen (secondary N) is 1. The monoisotopic (exact) mass is 353 g/mol. The van der Waals surface area contributed by atoms with E-state index in [1.165, 1.54) is 6.08 Å². The van der Waals surface area contributed by atoms with Crippen LogP contribution >= 0.6 is 22.6 Å². The lowest BCUT2D eigenvalue weighted by atomic mass is 10.2. The summed E-state index contributed by atoms with van der Waals surface area (Å²) in [4.78, 5) is 11.7. The van der Waals surface area contributed by atoms with Gasteiger partial charge in [0.2, 0.25) is 5.91 Å². The smallest absolute Gasteiger partial charge is 0.248 e. The second-order valence-corrected chi connectivity index (χ2v) is 4.84. The van der Waals surface area contributed by atoms with Gasteiger partial charge < -0.3 is 9.73 Å². The number of carbonyl (C=O) groups excluding carboxylic acids is 1. The molecule has 0 radical (unpaired) electrons. The minimum absolute atomic E-state index is 0.171. The summed E-state index contributed by atoms with van der Waals surface area (Å²) in [5, 5.41) is 2.82. The van der Waals surface area contributed by atoms with Gasteiger partial charge in [-0.05, 0) is 59.4 Å². The van der Waals surface area contributed by atoms with Crippen molar-refractivity contribution in [3.05, 3.63) is 57.6 Å². The molecule has 1 amide bonds. The molecule has 0 saturated carbocycles. The molecule has 0 unspecified atom stereocenters. The topological polar surface area (TPSA) is 42.2 Å². The number of carbonyl (C=O) groups is 1. The van der Waals surface area contributed by atoms with Gasteiger partial charge in [-0.1, -0.05) is 18.2 Å². The highest BCUT2D eigenvalue weighted by atomic mass is 127. The highest BCUT2D eigenvalue weighted by Gasteiger charge is 2.01. The van der Waals surface area contributed by atoms with Gasteiger partial charge in [0, 0.05) is 11.8 Å². The summed E-state index contributed by atoms with van der Waals surface area (Å²) in [6, 6.07) is 11.3. The largest absolute Gasteiger partial charge is 0.451 e. The van der Waals surface area contributed by atoms with E-state index in [1.807, 2.05) is 43.3 Å². The number of para-hydroxylation sites is 1. The highest BCUT2D eigenvalue weighted by Crippen LogP contribution is 2.14. The standard InChI is InChI=1S/C14H12INO2/c1-10-4-2-3-5-12(10)16-14(17)9-7-11-6-8-13(15)18-11/h2-9H,1H3,(H,16,17). The van der Waals surface area contributed by atoms with E-state index in [-0.39, 0.29) is 5.91 Å². The number of benzene rings is 1. The van der Waals surface area contributed by atoms with Crippen LogP contribution in [0.1, 0.15) is 11.3 Å². The summed E-state index contributed by atoms with van der Waals surface area (Å²) in [6.45, 7) is 1.95. The van der Waals surface area contributed by atoms with Gasteiger partial charge in [0.05, 0.1) is 0 Å². The van der Waals surface area contributed by atoms with Crippen molar-refractivity contribution in [3.63, 3.8) is 0 Å². The summed E-state index contributed by atoms with van der Waals surface area (Å²) < 4.78 is 6.13. The maximum atomic E-state index is 11.7. The molecule has 92 valence electrons. The molecular formula is C14H12INO2. The second kappa shape index (κ2) is 5.86. The molecule has 0 bridgehead atoms. The number of amides is 1. The van der Waals surface area contributed by atoms with Gasteiger partial charge >= 0.3 is 0 Å². The van der Waals surface area contributed by atoms with E-state index >= 15 is 0 Å². The van der Waals surface area contributed by atoms with E-state index in [2.05, 4.69) is 27.9 Å². The van der Waals surface area contributed by atoms with Crippen LogP contribution in [0.3, 0.4) is 0 Å². The van der Waals surface area contributed by atoms with Crippen LogP contribution in [0.25, 0.3) is 6.08 Å². The predicted octanol–water partition coefficient (Wildman–Crippen LogP) is 3.84. The van der Waals surface area contributed by atoms with Crippen LogP contribution in [0.5, 0.6) is 0 Å². The Hall–Kier alpha value is -1.56. The van der Waals surface area contributed by atoms with Crippen LogP contribution in [0.15, 0.2) is 46.9 Å². The zero-order valence-corrected chi connectivity index (χ0v) is 12.0.